The number of amides is 1. The van der Waals surface area contributed by atoms with Crippen molar-refractivity contribution < 1.29 is 9.53 Å². The summed E-state index contributed by atoms with van der Waals surface area (Å²) in [6, 6.07) is 3.36. The number of methoxy groups -OCH3 is 1. The number of halogens is 2. The number of nitrogens with one attached hydrogen (secondary N) is 1. The Labute approximate surface area is 89.2 Å². The van der Waals surface area contributed by atoms with Crippen LogP contribution in [0.5, 0.6) is 5.75 Å². The van der Waals surface area contributed by atoms with E-state index in [0.29, 0.717) is 27.3 Å². The summed E-state index contributed by atoms with van der Waals surface area (Å²) < 4.78 is 5.66. The molecule has 0 heterocycles. The van der Waals surface area contributed by atoms with Gasteiger partial charge < -0.3 is 10.1 Å². The Hall–Kier alpha value is -0.740. The third-order valence-electron chi connectivity index (χ3n) is 1.48. The maximum Gasteiger partial charge on any atom is 0.211 e. The van der Waals surface area contributed by atoms with Crippen LogP contribution in [-0.4, -0.2) is 13.5 Å². The van der Waals surface area contributed by atoms with Crippen LogP contribution in [0.1, 0.15) is 0 Å². The summed E-state index contributed by atoms with van der Waals surface area (Å²) in [5.74, 6) is 0.619. The second-order valence-electron chi connectivity index (χ2n) is 2.20. The van der Waals surface area contributed by atoms with E-state index in [1.807, 2.05) is 0 Å². The standard InChI is InChI=1S/C8H7BrClNO2/c1-13-6-3-2-5(10)8(7(6)9)11-4-12/h2-4H,1H3,(H,11,12). The van der Waals surface area contributed by atoms with Crippen molar-refractivity contribution in [1.82, 2.24) is 0 Å². The topological polar surface area (TPSA) is 38.3 Å². The molecule has 0 saturated heterocycles. The third kappa shape index (κ3) is 2.14. The molecule has 1 aromatic rings. The summed E-state index contributed by atoms with van der Waals surface area (Å²) in [5.41, 5.74) is 0.510. The van der Waals surface area contributed by atoms with E-state index in [4.69, 9.17) is 16.3 Å². The fourth-order valence-electron chi connectivity index (χ4n) is 0.882. The van der Waals surface area contributed by atoms with Crippen LogP contribution in [0.15, 0.2) is 16.6 Å². The van der Waals surface area contributed by atoms with E-state index in [-0.39, 0.29) is 0 Å². The second kappa shape index (κ2) is 4.48. The monoisotopic (exact) mass is 263 g/mol. The van der Waals surface area contributed by atoms with E-state index < -0.39 is 0 Å². The van der Waals surface area contributed by atoms with Gasteiger partial charge in [0.25, 0.3) is 0 Å². The van der Waals surface area contributed by atoms with Crippen LogP contribution in [0.3, 0.4) is 0 Å². The lowest BCUT2D eigenvalue weighted by Gasteiger charge is -2.09. The Balaban J connectivity index is 3.20. The maximum absolute atomic E-state index is 10.2. The average molecular weight is 265 g/mol. The van der Waals surface area contributed by atoms with Crippen molar-refractivity contribution in [3.8, 4) is 5.75 Å². The molecule has 1 aromatic carbocycles. The number of rotatable bonds is 3. The van der Waals surface area contributed by atoms with Crippen LogP contribution in [0.2, 0.25) is 5.02 Å². The lowest BCUT2D eigenvalue weighted by molar-refractivity contribution is -0.105. The van der Waals surface area contributed by atoms with Crippen molar-refractivity contribution >= 4 is 39.6 Å². The lowest BCUT2D eigenvalue weighted by Crippen LogP contribution is -1.97. The first-order valence-electron chi connectivity index (χ1n) is 3.43. The second-order valence-corrected chi connectivity index (χ2v) is 3.40. The number of ether oxygens (including phenoxy) is 1. The van der Waals surface area contributed by atoms with E-state index in [1.165, 1.54) is 0 Å². The fourth-order valence-corrected chi connectivity index (χ4v) is 1.83. The molecular formula is C8H7BrClNO2. The van der Waals surface area contributed by atoms with Gasteiger partial charge in [-0.05, 0) is 28.1 Å². The third-order valence-corrected chi connectivity index (χ3v) is 2.58. The van der Waals surface area contributed by atoms with Gasteiger partial charge in [0.15, 0.2) is 0 Å². The highest BCUT2D eigenvalue weighted by Gasteiger charge is 2.09. The summed E-state index contributed by atoms with van der Waals surface area (Å²) in [5, 5.41) is 2.94. The molecule has 0 aromatic heterocycles. The Bertz CT molecular complexity index is 330. The quantitative estimate of drug-likeness (QED) is 0.853. The molecule has 0 bridgehead atoms. The molecule has 1 amide bonds. The molecule has 0 saturated carbocycles. The SMILES string of the molecule is COc1ccc(Cl)c(NC=O)c1Br. The Morgan fingerprint density at radius 2 is 2.31 bits per heavy atom. The molecule has 0 unspecified atom stereocenters. The minimum Gasteiger partial charge on any atom is -0.495 e. The van der Waals surface area contributed by atoms with Gasteiger partial charge in [-0.15, -0.1) is 0 Å². The molecule has 0 aliphatic heterocycles. The summed E-state index contributed by atoms with van der Waals surface area (Å²) in [4.78, 5) is 10.2. The first kappa shape index (κ1) is 10.3. The van der Waals surface area contributed by atoms with Crippen molar-refractivity contribution in [3.63, 3.8) is 0 Å². The Morgan fingerprint density at radius 3 is 2.85 bits per heavy atom. The zero-order valence-electron chi connectivity index (χ0n) is 6.80. The first-order valence-corrected chi connectivity index (χ1v) is 4.60. The largest absolute Gasteiger partial charge is 0.495 e. The van der Waals surface area contributed by atoms with E-state index in [2.05, 4.69) is 21.2 Å². The minimum atomic E-state index is 0.458. The summed E-state index contributed by atoms with van der Waals surface area (Å²) in [6.45, 7) is 0. The number of benzene rings is 1. The molecule has 3 nitrogen and oxygen atoms in total. The molecular weight excluding hydrogens is 257 g/mol. The van der Waals surface area contributed by atoms with E-state index in [1.54, 1.807) is 19.2 Å². The molecule has 1 N–H and O–H groups in total. The number of carbonyl (C=O) groups excluding carboxylic acids is 1. The molecule has 0 radical (unpaired) electrons. The van der Waals surface area contributed by atoms with Crippen molar-refractivity contribution in [2.45, 2.75) is 0 Å². The van der Waals surface area contributed by atoms with Gasteiger partial charge in [-0.25, -0.2) is 0 Å². The Morgan fingerprint density at radius 1 is 1.62 bits per heavy atom. The van der Waals surface area contributed by atoms with Crippen LogP contribution >= 0.6 is 27.5 Å². The van der Waals surface area contributed by atoms with E-state index >= 15 is 0 Å². The molecule has 1 rings (SSSR count). The molecule has 0 atom stereocenters. The zero-order valence-corrected chi connectivity index (χ0v) is 9.15. The van der Waals surface area contributed by atoms with Crippen molar-refractivity contribution in [2.75, 3.05) is 12.4 Å². The Kier molecular flexibility index (Phi) is 3.57. The highest BCUT2D eigenvalue weighted by molar-refractivity contribution is 9.10. The van der Waals surface area contributed by atoms with Gasteiger partial charge in [0, 0.05) is 0 Å². The van der Waals surface area contributed by atoms with Crippen LogP contribution in [-0.2, 0) is 4.79 Å². The smallest absolute Gasteiger partial charge is 0.211 e. The van der Waals surface area contributed by atoms with Crippen molar-refractivity contribution in [1.29, 1.82) is 0 Å². The van der Waals surface area contributed by atoms with E-state index in [0.717, 1.165) is 0 Å². The van der Waals surface area contributed by atoms with Gasteiger partial charge in [-0.3, -0.25) is 4.79 Å². The molecule has 70 valence electrons. The molecule has 0 spiro atoms. The van der Waals surface area contributed by atoms with Gasteiger partial charge >= 0.3 is 0 Å². The highest BCUT2D eigenvalue weighted by atomic mass is 79.9. The van der Waals surface area contributed by atoms with Gasteiger partial charge in [-0.1, -0.05) is 11.6 Å². The van der Waals surface area contributed by atoms with Gasteiger partial charge in [-0.2, -0.15) is 0 Å². The summed E-state index contributed by atoms with van der Waals surface area (Å²) >= 11 is 9.09. The van der Waals surface area contributed by atoms with Crippen molar-refractivity contribution in [2.24, 2.45) is 0 Å². The summed E-state index contributed by atoms with van der Waals surface area (Å²) in [7, 11) is 1.54. The van der Waals surface area contributed by atoms with Gasteiger partial charge in [0.1, 0.15) is 5.75 Å². The van der Waals surface area contributed by atoms with Crippen LogP contribution in [0.25, 0.3) is 0 Å². The zero-order chi connectivity index (χ0) is 9.84. The molecule has 0 aliphatic carbocycles. The number of hydrogen-bond donors (Lipinski definition) is 1. The van der Waals surface area contributed by atoms with Crippen LogP contribution in [0.4, 0.5) is 5.69 Å². The normalized spacial score (nSPS) is 9.46. The molecule has 0 aliphatic rings. The number of carbonyl (C=O) groups is 1. The first-order chi connectivity index (χ1) is 6.20. The number of anilines is 1. The predicted molar refractivity (Wildman–Crippen MR) is 55.4 cm³/mol. The average Bonchev–Trinajstić information content (AvgIpc) is 2.12. The molecule has 5 heteroatoms. The molecule has 0 fully saturated rings. The van der Waals surface area contributed by atoms with E-state index in [9.17, 15) is 4.79 Å². The minimum absolute atomic E-state index is 0.458. The van der Waals surface area contributed by atoms with Gasteiger partial charge in [0.05, 0.1) is 22.3 Å². The lowest BCUT2D eigenvalue weighted by atomic mass is 10.3. The molecule has 13 heavy (non-hydrogen) atoms. The highest BCUT2D eigenvalue weighted by Crippen LogP contribution is 2.37. The number of hydrogen-bond acceptors (Lipinski definition) is 2. The van der Waals surface area contributed by atoms with Gasteiger partial charge in [0.2, 0.25) is 6.41 Å². The predicted octanol–water partition coefficient (Wildman–Crippen LogP) is 2.68. The maximum atomic E-state index is 10.2. The fraction of sp³-hybridized carbons (Fsp3) is 0.125. The van der Waals surface area contributed by atoms with Crippen LogP contribution < -0.4 is 10.1 Å². The summed E-state index contributed by atoms with van der Waals surface area (Å²) in [6.07, 6.45) is 0.561. The van der Waals surface area contributed by atoms with Crippen LogP contribution in [0, 0.1) is 0 Å². The van der Waals surface area contributed by atoms with Crippen molar-refractivity contribution in [3.05, 3.63) is 21.6 Å².